The van der Waals surface area contributed by atoms with Gasteiger partial charge in [-0.3, -0.25) is 0 Å². The fourth-order valence-electron chi connectivity index (χ4n) is 3.63. The van der Waals surface area contributed by atoms with Crippen LogP contribution in [-0.4, -0.2) is 24.5 Å². The molecular formula is C19H32N2. The largest absolute Gasteiger partial charge is 0.323 e. The van der Waals surface area contributed by atoms with Crippen molar-refractivity contribution in [2.45, 2.75) is 64.5 Å². The van der Waals surface area contributed by atoms with Gasteiger partial charge in [-0.05, 0) is 42.9 Å². The first-order valence-electron chi connectivity index (χ1n) is 8.54. The van der Waals surface area contributed by atoms with Crippen LogP contribution in [0.2, 0.25) is 0 Å². The number of benzene rings is 1. The maximum atomic E-state index is 6.43. The van der Waals surface area contributed by atoms with Crippen molar-refractivity contribution >= 4 is 0 Å². The molecule has 3 atom stereocenters. The highest BCUT2D eigenvalue weighted by Crippen LogP contribution is 2.28. The monoisotopic (exact) mass is 288 g/mol. The molecule has 2 nitrogen and oxygen atoms in total. The van der Waals surface area contributed by atoms with E-state index >= 15 is 0 Å². The molecule has 2 N–H and O–H groups in total. The molecule has 2 rings (SSSR count). The van der Waals surface area contributed by atoms with E-state index in [4.69, 9.17) is 5.73 Å². The van der Waals surface area contributed by atoms with Gasteiger partial charge in [-0.1, -0.05) is 57.9 Å². The van der Waals surface area contributed by atoms with Crippen molar-refractivity contribution in [1.29, 1.82) is 0 Å². The van der Waals surface area contributed by atoms with Crippen LogP contribution in [-0.2, 0) is 0 Å². The zero-order valence-corrected chi connectivity index (χ0v) is 14.2. The van der Waals surface area contributed by atoms with Gasteiger partial charge in [-0.2, -0.15) is 0 Å². The highest BCUT2D eigenvalue weighted by atomic mass is 15.1. The number of hydrogen-bond donors (Lipinski definition) is 1. The smallest absolute Gasteiger partial charge is 0.0424 e. The number of nitrogens with zero attached hydrogens (tertiary/aromatic N) is 1. The average molecular weight is 288 g/mol. The zero-order chi connectivity index (χ0) is 15.4. The summed E-state index contributed by atoms with van der Waals surface area (Å²) in [5.41, 5.74) is 9.08. The number of rotatable bonds is 5. The molecule has 1 aliphatic rings. The van der Waals surface area contributed by atoms with Gasteiger partial charge in [-0.25, -0.2) is 0 Å². The van der Waals surface area contributed by atoms with Crippen LogP contribution in [0.5, 0.6) is 0 Å². The summed E-state index contributed by atoms with van der Waals surface area (Å²) < 4.78 is 0. The van der Waals surface area contributed by atoms with Crippen LogP contribution in [0, 0.1) is 5.92 Å². The van der Waals surface area contributed by atoms with Crippen molar-refractivity contribution in [2.75, 3.05) is 13.6 Å². The predicted octanol–water partition coefficient (Wildman–Crippen LogP) is 4.32. The predicted molar refractivity (Wildman–Crippen MR) is 91.5 cm³/mol. The van der Waals surface area contributed by atoms with Gasteiger partial charge in [-0.15, -0.1) is 0 Å². The first kappa shape index (κ1) is 16.5. The summed E-state index contributed by atoms with van der Waals surface area (Å²) in [7, 11) is 2.24. The highest BCUT2D eigenvalue weighted by Gasteiger charge is 2.25. The van der Waals surface area contributed by atoms with Gasteiger partial charge < -0.3 is 10.6 Å². The number of likely N-dealkylation sites (N-methyl/N-ethyl adjacent to an activating group) is 1. The summed E-state index contributed by atoms with van der Waals surface area (Å²) in [6.45, 7) is 7.81. The normalized spacial score (nSPS) is 24.5. The first-order valence-corrected chi connectivity index (χ1v) is 8.54. The Kier molecular flexibility index (Phi) is 5.83. The van der Waals surface area contributed by atoms with Gasteiger partial charge in [0.15, 0.2) is 0 Å². The second-order valence-corrected chi connectivity index (χ2v) is 7.20. The summed E-state index contributed by atoms with van der Waals surface area (Å²) in [6.07, 6.45) is 5.47. The van der Waals surface area contributed by atoms with E-state index in [0.29, 0.717) is 12.0 Å². The van der Waals surface area contributed by atoms with E-state index in [1.165, 1.54) is 36.8 Å². The van der Waals surface area contributed by atoms with Gasteiger partial charge >= 0.3 is 0 Å². The molecule has 2 heteroatoms. The Morgan fingerprint density at radius 2 is 1.67 bits per heavy atom. The Bertz CT molecular complexity index is 424. The fraction of sp³-hybridized carbons (Fsp3) is 0.684. The molecular weight excluding hydrogens is 256 g/mol. The minimum Gasteiger partial charge on any atom is -0.323 e. The molecule has 0 spiro atoms. The molecule has 0 aromatic heterocycles. The third-order valence-electron chi connectivity index (χ3n) is 5.15. The molecule has 3 unspecified atom stereocenters. The SMILES string of the molecule is CC(C)c1ccc(C(N)CN(C)C2CCCCC2C)cc1. The maximum absolute atomic E-state index is 6.43. The number of nitrogens with two attached hydrogens (primary N) is 1. The second kappa shape index (κ2) is 7.42. The molecule has 1 aromatic carbocycles. The van der Waals surface area contributed by atoms with Crippen molar-refractivity contribution in [3.63, 3.8) is 0 Å². The molecule has 0 amide bonds. The lowest BCUT2D eigenvalue weighted by molar-refractivity contribution is 0.133. The minimum atomic E-state index is 0.116. The Balaban J connectivity index is 1.95. The van der Waals surface area contributed by atoms with Crippen LogP contribution in [0.3, 0.4) is 0 Å². The maximum Gasteiger partial charge on any atom is 0.0424 e. The minimum absolute atomic E-state index is 0.116. The van der Waals surface area contributed by atoms with Crippen LogP contribution in [0.4, 0.5) is 0 Å². The van der Waals surface area contributed by atoms with Gasteiger partial charge in [0.05, 0.1) is 0 Å². The molecule has 0 saturated heterocycles. The Morgan fingerprint density at radius 3 is 2.24 bits per heavy atom. The molecule has 1 aromatic rings. The highest BCUT2D eigenvalue weighted by molar-refractivity contribution is 5.26. The van der Waals surface area contributed by atoms with E-state index in [2.05, 4.69) is 57.0 Å². The Hall–Kier alpha value is -0.860. The molecule has 118 valence electrons. The zero-order valence-electron chi connectivity index (χ0n) is 14.2. The first-order chi connectivity index (χ1) is 9.99. The lowest BCUT2D eigenvalue weighted by Crippen LogP contribution is -2.42. The fourth-order valence-corrected chi connectivity index (χ4v) is 3.63. The molecule has 21 heavy (non-hydrogen) atoms. The molecule has 1 saturated carbocycles. The van der Waals surface area contributed by atoms with Crippen LogP contribution >= 0.6 is 0 Å². The van der Waals surface area contributed by atoms with Crippen LogP contribution in [0.25, 0.3) is 0 Å². The third-order valence-corrected chi connectivity index (χ3v) is 5.15. The molecule has 1 fully saturated rings. The van der Waals surface area contributed by atoms with Crippen LogP contribution in [0.15, 0.2) is 24.3 Å². The third kappa shape index (κ3) is 4.31. The van der Waals surface area contributed by atoms with E-state index in [1.54, 1.807) is 0 Å². The standard InChI is InChI=1S/C19H32N2/c1-14(2)16-9-11-17(12-10-16)18(20)13-21(4)19-8-6-5-7-15(19)3/h9-12,14-15,18-19H,5-8,13,20H2,1-4H3. The Labute approximate surface area is 130 Å². The summed E-state index contributed by atoms with van der Waals surface area (Å²) in [5, 5.41) is 0. The number of hydrogen-bond acceptors (Lipinski definition) is 2. The van der Waals surface area contributed by atoms with Gasteiger partial charge in [0, 0.05) is 18.6 Å². The molecule has 1 aliphatic carbocycles. The van der Waals surface area contributed by atoms with Crippen molar-refractivity contribution in [3.8, 4) is 0 Å². The van der Waals surface area contributed by atoms with Crippen molar-refractivity contribution in [1.82, 2.24) is 4.90 Å². The lowest BCUT2D eigenvalue weighted by atomic mass is 9.85. The summed E-state index contributed by atoms with van der Waals surface area (Å²) in [4.78, 5) is 2.49. The second-order valence-electron chi connectivity index (χ2n) is 7.20. The average Bonchev–Trinajstić information content (AvgIpc) is 2.47. The van der Waals surface area contributed by atoms with E-state index < -0.39 is 0 Å². The van der Waals surface area contributed by atoms with Crippen molar-refractivity contribution in [2.24, 2.45) is 11.7 Å². The van der Waals surface area contributed by atoms with Crippen molar-refractivity contribution < 1.29 is 0 Å². The molecule has 0 radical (unpaired) electrons. The summed E-state index contributed by atoms with van der Waals surface area (Å²) in [6, 6.07) is 9.69. The van der Waals surface area contributed by atoms with E-state index in [1.807, 2.05) is 0 Å². The van der Waals surface area contributed by atoms with Crippen LogP contribution in [0.1, 0.15) is 69.5 Å². The van der Waals surface area contributed by atoms with Gasteiger partial charge in [0.1, 0.15) is 0 Å². The quantitative estimate of drug-likeness (QED) is 0.874. The molecule has 0 bridgehead atoms. The molecule has 0 heterocycles. The summed E-state index contributed by atoms with van der Waals surface area (Å²) >= 11 is 0. The van der Waals surface area contributed by atoms with Gasteiger partial charge in [0.2, 0.25) is 0 Å². The van der Waals surface area contributed by atoms with Crippen molar-refractivity contribution in [3.05, 3.63) is 35.4 Å². The topological polar surface area (TPSA) is 29.3 Å². The molecule has 0 aliphatic heterocycles. The van der Waals surface area contributed by atoms with E-state index in [9.17, 15) is 0 Å². The lowest BCUT2D eigenvalue weighted by Gasteiger charge is -2.37. The van der Waals surface area contributed by atoms with Gasteiger partial charge in [0.25, 0.3) is 0 Å². The summed E-state index contributed by atoms with van der Waals surface area (Å²) in [5.74, 6) is 1.39. The van der Waals surface area contributed by atoms with E-state index in [-0.39, 0.29) is 6.04 Å². The van der Waals surface area contributed by atoms with E-state index in [0.717, 1.165) is 12.5 Å². The van der Waals surface area contributed by atoms with Crippen LogP contribution < -0.4 is 5.73 Å². The Morgan fingerprint density at radius 1 is 1.10 bits per heavy atom.